The quantitative estimate of drug-likeness (QED) is 0.645. The van der Waals surface area contributed by atoms with Crippen LogP contribution in [-0.2, 0) is 9.47 Å². The van der Waals surface area contributed by atoms with Crippen LogP contribution in [0.5, 0.6) is 0 Å². The largest absolute Gasteiger partial charge is 0.316 e. The van der Waals surface area contributed by atoms with E-state index in [-0.39, 0.29) is 12.6 Å². The fourth-order valence-corrected chi connectivity index (χ4v) is 1.22. The average molecular weight is 178 g/mol. The van der Waals surface area contributed by atoms with E-state index in [0.717, 1.165) is 0 Å². The van der Waals surface area contributed by atoms with Crippen LogP contribution >= 0.6 is 0 Å². The lowest BCUT2D eigenvalue weighted by molar-refractivity contribution is -0.356. The minimum atomic E-state index is -1.05. The van der Waals surface area contributed by atoms with Crippen LogP contribution in [0.15, 0.2) is 30.3 Å². The summed E-state index contributed by atoms with van der Waals surface area (Å²) in [5, 5.41) is 0. The Bertz CT molecular complexity index is 314. The van der Waals surface area contributed by atoms with Crippen molar-refractivity contribution in [2.45, 2.75) is 12.7 Å². The van der Waals surface area contributed by atoms with Gasteiger partial charge in [-0.2, -0.15) is 0 Å². The summed E-state index contributed by atoms with van der Waals surface area (Å²) in [5.74, 6) is -1.18. The summed E-state index contributed by atoms with van der Waals surface area (Å²) >= 11 is 0. The lowest BCUT2D eigenvalue weighted by atomic mass is 10.0. The van der Waals surface area contributed by atoms with Gasteiger partial charge >= 0.3 is 0 Å². The van der Waals surface area contributed by atoms with E-state index in [2.05, 4.69) is 0 Å². The predicted molar refractivity (Wildman–Crippen MR) is 46.2 cm³/mol. The Kier molecular flexibility index (Phi) is 1.90. The maximum Gasteiger partial charge on any atom is 0.234 e. The number of ether oxygens (including phenoxy) is 2. The molecule has 0 saturated carbocycles. The monoisotopic (exact) mass is 178 g/mol. The number of ketones is 1. The highest BCUT2D eigenvalue weighted by atomic mass is 16.9. The molecule has 0 N–H and O–H groups in total. The van der Waals surface area contributed by atoms with Gasteiger partial charge in [0.05, 0.1) is 0 Å². The van der Waals surface area contributed by atoms with Crippen LogP contribution in [0, 0.1) is 0 Å². The molecule has 0 unspecified atom stereocenters. The fourth-order valence-electron chi connectivity index (χ4n) is 1.22. The van der Waals surface area contributed by atoms with Crippen molar-refractivity contribution in [3.63, 3.8) is 0 Å². The van der Waals surface area contributed by atoms with Crippen molar-refractivity contribution in [1.82, 2.24) is 0 Å². The lowest BCUT2D eigenvalue weighted by Gasteiger charge is -2.36. The van der Waals surface area contributed by atoms with E-state index in [9.17, 15) is 4.79 Å². The van der Waals surface area contributed by atoms with E-state index >= 15 is 0 Å². The highest BCUT2D eigenvalue weighted by Crippen LogP contribution is 2.26. The smallest absolute Gasteiger partial charge is 0.234 e. The Morgan fingerprint density at radius 3 is 2.38 bits per heavy atom. The zero-order valence-electron chi connectivity index (χ0n) is 7.32. The molecule has 0 radical (unpaired) electrons. The summed E-state index contributed by atoms with van der Waals surface area (Å²) in [6.07, 6.45) is 0. The molecule has 1 aromatic rings. The van der Waals surface area contributed by atoms with Crippen molar-refractivity contribution < 1.29 is 14.3 Å². The Morgan fingerprint density at radius 2 is 1.92 bits per heavy atom. The lowest BCUT2D eigenvalue weighted by Crippen LogP contribution is -2.50. The number of benzene rings is 1. The Labute approximate surface area is 76.3 Å². The molecule has 0 atom stereocenters. The average Bonchev–Trinajstić information content (AvgIpc) is 2.14. The van der Waals surface area contributed by atoms with Crippen molar-refractivity contribution in [2.24, 2.45) is 0 Å². The molecule has 1 heterocycles. The van der Waals surface area contributed by atoms with E-state index in [1.807, 2.05) is 18.2 Å². The third-order valence-electron chi connectivity index (χ3n) is 2.12. The second kappa shape index (κ2) is 2.94. The number of hydrogen-bond acceptors (Lipinski definition) is 3. The summed E-state index contributed by atoms with van der Waals surface area (Å²) in [5.41, 5.74) is 0.615. The molecule has 13 heavy (non-hydrogen) atoms. The molecule has 0 aliphatic carbocycles. The first-order valence-corrected chi connectivity index (χ1v) is 4.10. The van der Waals surface area contributed by atoms with Gasteiger partial charge in [-0.3, -0.25) is 4.79 Å². The van der Waals surface area contributed by atoms with Crippen molar-refractivity contribution in [3.8, 4) is 0 Å². The molecule has 2 rings (SSSR count). The van der Waals surface area contributed by atoms with Crippen LogP contribution < -0.4 is 0 Å². The minimum absolute atomic E-state index is 0.126. The van der Waals surface area contributed by atoms with Gasteiger partial charge in [-0.15, -0.1) is 0 Å². The van der Waals surface area contributed by atoms with Crippen LogP contribution in [0.25, 0.3) is 0 Å². The van der Waals surface area contributed by atoms with E-state index < -0.39 is 5.79 Å². The minimum Gasteiger partial charge on any atom is -0.316 e. The first kappa shape index (κ1) is 8.41. The van der Waals surface area contributed by atoms with Crippen molar-refractivity contribution in [1.29, 1.82) is 0 Å². The topological polar surface area (TPSA) is 35.5 Å². The number of hydrogen-bond donors (Lipinski definition) is 0. The van der Waals surface area contributed by atoms with E-state index in [1.54, 1.807) is 19.1 Å². The summed E-state index contributed by atoms with van der Waals surface area (Å²) in [6, 6.07) is 8.99. The molecule has 0 amide bonds. The van der Waals surface area contributed by atoms with Gasteiger partial charge in [-0.25, -0.2) is 0 Å². The third kappa shape index (κ3) is 1.36. The second-order valence-electron chi connectivity index (χ2n) is 3.05. The molecule has 1 aromatic carbocycles. The zero-order chi connectivity index (χ0) is 9.31. The van der Waals surface area contributed by atoms with Gasteiger partial charge in [-0.1, -0.05) is 30.3 Å². The first-order chi connectivity index (χ1) is 6.22. The van der Waals surface area contributed by atoms with Gasteiger partial charge in [0.25, 0.3) is 0 Å². The number of carbonyl (C=O) groups is 1. The van der Waals surface area contributed by atoms with E-state index in [1.165, 1.54) is 0 Å². The van der Waals surface area contributed by atoms with Gasteiger partial charge in [0.15, 0.2) is 6.79 Å². The fraction of sp³-hybridized carbons (Fsp3) is 0.300. The Hall–Kier alpha value is -1.19. The summed E-state index contributed by atoms with van der Waals surface area (Å²) in [4.78, 5) is 11.7. The van der Waals surface area contributed by atoms with Crippen LogP contribution in [0.3, 0.4) is 0 Å². The molecule has 68 valence electrons. The number of rotatable bonds is 2. The SMILES string of the molecule is CC1(C(=O)c2ccccc2)OCO1. The van der Waals surface area contributed by atoms with Gasteiger partial charge in [-0.05, 0) is 6.92 Å². The summed E-state index contributed by atoms with van der Waals surface area (Å²) in [6.45, 7) is 1.83. The van der Waals surface area contributed by atoms with Crippen LogP contribution in [0.2, 0.25) is 0 Å². The van der Waals surface area contributed by atoms with Gasteiger partial charge in [0.1, 0.15) is 0 Å². The molecule has 1 aliphatic rings. The van der Waals surface area contributed by atoms with Crippen molar-refractivity contribution in [3.05, 3.63) is 35.9 Å². The highest BCUT2D eigenvalue weighted by molar-refractivity contribution is 6.01. The van der Waals surface area contributed by atoms with Gasteiger partial charge in [0, 0.05) is 5.56 Å². The standard InChI is InChI=1S/C10H10O3/c1-10(12-7-13-10)9(11)8-5-3-2-4-6-8/h2-6H,7H2,1H3. The molecular formula is C10H10O3. The van der Waals surface area contributed by atoms with Gasteiger partial charge < -0.3 is 9.47 Å². The molecule has 1 saturated heterocycles. The molecule has 0 bridgehead atoms. The van der Waals surface area contributed by atoms with Crippen LogP contribution in [-0.4, -0.2) is 18.4 Å². The van der Waals surface area contributed by atoms with Crippen LogP contribution in [0.4, 0.5) is 0 Å². The van der Waals surface area contributed by atoms with Gasteiger partial charge in [0.2, 0.25) is 11.6 Å². The second-order valence-corrected chi connectivity index (χ2v) is 3.05. The molecule has 1 fully saturated rings. The molecular weight excluding hydrogens is 168 g/mol. The third-order valence-corrected chi connectivity index (χ3v) is 2.12. The predicted octanol–water partition coefficient (Wildman–Crippen LogP) is 1.59. The normalized spacial score (nSPS) is 19.2. The van der Waals surface area contributed by atoms with Crippen LogP contribution in [0.1, 0.15) is 17.3 Å². The number of Topliss-reactive ketones (excluding diaryl/α,β-unsaturated/α-hetero) is 1. The Balaban J connectivity index is 2.23. The van der Waals surface area contributed by atoms with Crippen molar-refractivity contribution in [2.75, 3.05) is 6.79 Å². The summed E-state index contributed by atoms with van der Waals surface area (Å²) in [7, 11) is 0. The first-order valence-electron chi connectivity index (χ1n) is 4.10. The Morgan fingerprint density at radius 1 is 1.31 bits per heavy atom. The number of carbonyl (C=O) groups excluding carboxylic acids is 1. The summed E-state index contributed by atoms with van der Waals surface area (Å²) < 4.78 is 10.1. The highest BCUT2D eigenvalue weighted by Gasteiger charge is 2.42. The van der Waals surface area contributed by atoms with E-state index in [0.29, 0.717) is 5.56 Å². The molecule has 3 nitrogen and oxygen atoms in total. The molecule has 3 heteroatoms. The molecule has 0 spiro atoms. The zero-order valence-corrected chi connectivity index (χ0v) is 7.32. The maximum absolute atomic E-state index is 11.7. The van der Waals surface area contributed by atoms with E-state index in [4.69, 9.17) is 9.47 Å². The van der Waals surface area contributed by atoms with Crippen molar-refractivity contribution >= 4 is 5.78 Å². The maximum atomic E-state index is 11.7. The molecule has 1 aliphatic heterocycles. The molecule has 0 aromatic heterocycles.